The maximum absolute atomic E-state index is 12.3. The molecule has 1 N–H and O–H groups in total. The Morgan fingerprint density at radius 3 is 2.89 bits per heavy atom. The Hall–Kier alpha value is -1.59. The van der Waals surface area contributed by atoms with Crippen LogP contribution in [0.5, 0.6) is 0 Å². The van der Waals surface area contributed by atoms with E-state index in [-0.39, 0.29) is 11.6 Å². The highest BCUT2D eigenvalue weighted by Crippen LogP contribution is 2.19. The molecule has 0 fully saturated rings. The highest BCUT2D eigenvalue weighted by molar-refractivity contribution is 7.09. The van der Waals surface area contributed by atoms with Gasteiger partial charge in [0.2, 0.25) is 0 Å². The van der Waals surface area contributed by atoms with Crippen molar-refractivity contribution in [1.29, 1.82) is 0 Å². The van der Waals surface area contributed by atoms with Crippen molar-refractivity contribution in [1.82, 2.24) is 9.88 Å². The van der Waals surface area contributed by atoms with Gasteiger partial charge in [-0.05, 0) is 23.6 Å². The maximum Gasteiger partial charge on any atom is 0.274 e. The van der Waals surface area contributed by atoms with Crippen LogP contribution in [0.2, 0.25) is 5.02 Å². The summed E-state index contributed by atoms with van der Waals surface area (Å²) >= 11 is 7.65. The van der Waals surface area contributed by atoms with E-state index in [2.05, 4.69) is 10.3 Å². The van der Waals surface area contributed by atoms with Crippen molar-refractivity contribution in [2.45, 2.75) is 6.54 Å². The first-order valence-electron chi connectivity index (χ1n) is 5.74. The summed E-state index contributed by atoms with van der Waals surface area (Å²) in [6, 6.07) is 7.36. The van der Waals surface area contributed by atoms with Crippen LogP contribution in [0.4, 0.5) is 5.82 Å². The highest BCUT2D eigenvalue weighted by Gasteiger charge is 2.17. The summed E-state index contributed by atoms with van der Waals surface area (Å²) in [7, 11) is 3.49. The van der Waals surface area contributed by atoms with Crippen molar-refractivity contribution in [2.24, 2.45) is 0 Å². The van der Waals surface area contributed by atoms with Crippen LogP contribution in [0.3, 0.4) is 0 Å². The topological polar surface area (TPSA) is 45.2 Å². The molecule has 0 unspecified atom stereocenters. The molecule has 2 heterocycles. The first-order chi connectivity index (χ1) is 9.11. The third-order valence-corrected chi connectivity index (χ3v) is 3.79. The third kappa shape index (κ3) is 3.24. The third-order valence-electron chi connectivity index (χ3n) is 2.62. The summed E-state index contributed by atoms with van der Waals surface area (Å²) in [4.78, 5) is 19.3. The van der Waals surface area contributed by atoms with Gasteiger partial charge >= 0.3 is 0 Å². The number of halogens is 1. The Bertz CT molecular complexity index is 571. The van der Waals surface area contributed by atoms with Gasteiger partial charge in [0, 0.05) is 19.0 Å². The van der Waals surface area contributed by atoms with Crippen molar-refractivity contribution < 1.29 is 4.79 Å². The Morgan fingerprint density at radius 2 is 2.26 bits per heavy atom. The van der Waals surface area contributed by atoms with Crippen molar-refractivity contribution in [3.05, 3.63) is 45.2 Å². The van der Waals surface area contributed by atoms with Crippen molar-refractivity contribution >= 4 is 34.7 Å². The van der Waals surface area contributed by atoms with E-state index >= 15 is 0 Å². The molecular formula is C13H14ClN3OS. The van der Waals surface area contributed by atoms with Crippen LogP contribution in [0.1, 0.15) is 15.4 Å². The summed E-state index contributed by atoms with van der Waals surface area (Å²) in [5.41, 5.74) is 0.271. The number of amides is 1. The number of carbonyl (C=O) groups excluding carboxylic acids is 1. The minimum absolute atomic E-state index is 0.185. The molecular weight excluding hydrogens is 282 g/mol. The average molecular weight is 296 g/mol. The van der Waals surface area contributed by atoms with Gasteiger partial charge in [-0.1, -0.05) is 17.7 Å². The number of hydrogen-bond acceptors (Lipinski definition) is 4. The molecule has 4 nitrogen and oxygen atoms in total. The normalized spacial score (nSPS) is 10.3. The van der Waals surface area contributed by atoms with E-state index in [4.69, 9.17) is 11.6 Å². The number of thiophene rings is 1. The van der Waals surface area contributed by atoms with Crippen molar-refractivity contribution in [3.8, 4) is 0 Å². The molecule has 2 aromatic rings. The van der Waals surface area contributed by atoms with Crippen LogP contribution in [0, 0.1) is 0 Å². The van der Waals surface area contributed by atoms with Crippen LogP contribution in [-0.4, -0.2) is 29.9 Å². The monoisotopic (exact) mass is 295 g/mol. The molecule has 19 heavy (non-hydrogen) atoms. The molecule has 0 aliphatic heterocycles. The Balaban J connectivity index is 2.18. The minimum Gasteiger partial charge on any atom is -0.373 e. The van der Waals surface area contributed by atoms with Crippen LogP contribution < -0.4 is 5.32 Å². The van der Waals surface area contributed by atoms with E-state index in [1.807, 2.05) is 17.5 Å². The highest BCUT2D eigenvalue weighted by atomic mass is 35.5. The molecule has 0 spiro atoms. The first kappa shape index (κ1) is 13.8. The lowest BCUT2D eigenvalue weighted by atomic mass is 10.3. The molecule has 0 aromatic carbocycles. The quantitative estimate of drug-likeness (QED) is 0.942. The molecule has 0 saturated carbocycles. The molecule has 6 heteroatoms. The molecule has 0 aliphatic carbocycles. The standard InChI is InChI=1S/C13H14ClN3OS/c1-15-11-6-5-10(14)12(16-11)13(18)17(2)8-9-4-3-7-19-9/h3-7H,8H2,1-2H3,(H,15,16). The van der Waals surface area contributed by atoms with Gasteiger partial charge in [0.15, 0.2) is 0 Å². The summed E-state index contributed by atoms with van der Waals surface area (Å²) < 4.78 is 0. The van der Waals surface area contributed by atoms with Gasteiger partial charge in [-0.2, -0.15) is 0 Å². The second kappa shape index (κ2) is 6.04. The number of hydrogen-bond donors (Lipinski definition) is 1. The number of carbonyl (C=O) groups is 1. The van der Waals surface area contributed by atoms with Crippen molar-refractivity contribution in [3.63, 3.8) is 0 Å². The molecule has 2 aromatic heterocycles. The van der Waals surface area contributed by atoms with Gasteiger partial charge in [-0.25, -0.2) is 4.98 Å². The van der Waals surface area contributed by atoms with Gasteiger partial charge in [-0.3, -0.25) is 4.79 Å². The number of nitrogens with one attached hydrogen (secondary N) is 1. The number of aromatic nitrogens is 1. The first-order valence-corrected chi connectivity index (χ1v) is 6.99. The molecule has 2 rings (SSSR count). The van der Waals surface area contributed by atoms with Gasteiger partial charge in [0.05, 0.1) is 11.6 Å². The van der Waals surface area contributed by atoms with Crippen LogP contribution in [0.25, 0.3) is 0 Å². The summed E-state index contributed by atoms with van der Waals surface area (Å²) in [6.45, 7) is 0.554. The fraction of sp³-hybridized carbons (Fsp3) is 0.231. The van der Waals surface area contributed by atoms with Crippen LogP contribution >= 0.6 is 22.9 Å². The molecule has 0 atom stereocenters. The van der Waals surface area contributed by atoms with Crippen molar-refractivity contribution in [2.75, 3.05) is 19.4 Å². The summed E-state index contributed by atoms with van der Waals surface area (Å²) in [5.74, 6) is 0.438. The largest absolute Gasteiger partial charge is 0.373 e. The smallest absolute Gasteiger partial charge is 0.274 e. The zero-order valence-electron chi connectivity index (χ0n) is 10.7. The van der Waals surface area contributed by atoms with E-state index in [0.717, 1.165) is 4.88 Å². The van der Waals surface area contributed by atoms with Gasteiger partial charge < -0.3 is 10.2 Å². The zero-order chi connectivity index (χ0) is 13.8. The molecule has 0 saturated heterocycles. The van der Waals surface area contributed by atoms with Gasteiger partial charge in [-0.15, -0.1) is 11.3 Å². The fourth-order valence-corrected chi connectivity index (χ4v) is 2.56. The number of rotatable bonds is 4. The lowest BCUT2D eigenvalue weighted by molar-refractivity contribution is 0.0781. The lowest BCUT2D eigenvalue weighted by Crippen LogP contribution is -2.27. The lowest BCUT2D eigenvalue weighted by Gasteiger charge is -2.16. The number of pyridine rings is 1. The molecule has 0 radical (unpaired) electrons. The van der Waals surface area contributed by atoms with Gasteiger partial charge in [0.1, 0.15) is 11.5 Å². The summed E-state index contributed by atoms with van der Waals surface area (Å²) in [5, 5.41) is 5.25. The van der Waals surface area contributed by atoms with E-state index in [9.17, 15) is 4.79 Å². The number of anilines is 1. The van der Waals surface area contributed by atoms with E-state index < -0.39 is 0 Å². The summed E-state index contributed by atoms with van der Waals surface area (Å²) in [6.07, 6.45) is 0. The second-order valence-electron chi connectivity index (χ2n) is 4.02. The van der Waals surface area contributed by atoms with Crippen LogP contribution in [-0.2, 0) is 6.54 Å². The molecule has 1 amide bonds. The van der Waals surface area contributed by atoms with E-state index in [1.165, 1.54) is 0 Å². The minimum atomic E-state index is -0.185. The van der Waals surface area contributed by atoms with Gasteiger partial charge in [0.25, 0.3) is 5.91 Å². The second-order valence-corrected chi connectivity index (χ2v) is 5.46. The Labute approximate surface area is 121 Å². The Morgan fingerprint density at radius 1 is 1.47 bits per heavy atom. The zero-order valence-corrected chi connectivity index (χ0v) is 12.3. The number of nitrogens with zero attached hydrogens (tertiary/aromatic N) is 2. The fourth-order valence-electron chi connectivity index (χ4n) is 1.62. The average Bonchev–Trinajstić information content (AvgIpc) is 2.91. The van der Waals surface area contributed by atoms with E-state index in [0.29, 0.717) is 17.4 Å². The molecule has 0 aliphatic rings. The Kier molecular flexibility index (Phi) is 4.39. The SMILES string of the molecule is CNc1ccc(Cl)c(C(=O)N(C)Cc2cccs2)n1. The van der Waals surface area contributed by atoms with E-state index in [1.54, 1.807) is 42.5 Å². The molecule has 0 bridgehead atoms. The predicted molar refractivity (Wildman–Crippen MR) is 78.9 cm³/mol. The molecule has 100 valence electrons. The van der Waals surface area contributed by atoms with Crippen LogP contribution in [0.15, 0.2) is 29.6 Å². The maximum atomic E-state index is 12.3. The predicted octanol–water partition coefficient (Wildman–Crippen LogP) is 3.11.